The Balaban J connectivity index is 1.79. The predicted molar refractivity (Wildman–Crippen MR) is 74.1 cm³/mol. The summed E-state index contributed by atoms with van der Waals surface area (Å²) in [5, 5.41) is 4.76. The second kappa shape index (κ2) is 3.87. The van der Waals surface area contributed by atoms with Crippen molar-refractivity contribution in [2.75, 3.05) is 18.0 Å². The maximum Gasteiger partial charge on any atom is 0.141 e. The Bertz CT molecular complexity index is 623. The van der Waals surface area contributed by atoms with Crippen LogP contribution in [0.1, 0.15) is 19.8 Å². The van der Waals surface area contributed by atoms with Crippen molar-refractivity contribution in [3.8, 4) is 0 Å². The number of pyridine rings is 1. The molecule has 0 radical (unpaired) electrons. The number of anilines is 1. The van der Waals surface area contributed by atoms with Gasteiger partial charge in [-0.05, 0) is 25.8 Å². The van der Waals surface area contributed by atoms with E-state index in [2.05, 4.69) is 32.1 Å². The lowest BCUT2D eigenvalue weighted by atomic mass is 10.00. The molecule has 0 amide bonds. The number of aromatic nitrogens is 3. The summed E-state index contributed by atoms with van der Waals surface area (Å²) >= 11 is 0. The average molecular weight is 255 g/mol. The summed E-state index contributed by atoms with van der Waals surface area (Å²) in [6.07, 6.45) is 7.81. The summed E-state index contributed by atoms with van der Waals surface area (Å²) < 4.78 is 0. The smallest absolute Gasteiger partial charge is 0.141 e. The van der Waals surface area contributed by atoms with Crippen LogP contribution in [0.25, 0.3) is 10.9 Å². The molecular weight excluding hydrogens is 238 g/mol. The zero-order chi connectivity index (χ0) is 12.9. The predicted octanol–water partition coefficient (Wildman–Crippen LogP) is 1.36. The van der Waals surface area contributed by atoms with Crippen LogP contribution in [0.15, 0.2) is 24.8 Å². The molecule has 2 bridgehead atoms. The number of nitrogens with one attached hydrogen (secondary N) is 1. The highest BCUT2D eigenvalue weighted by Gasteiger charge is 2.41. The van der Waals surface area contributed by atoms with Crippen molar-refractivity contribution in [1.29, 1.82) is 0 Å². The molecule has 5 heteroatoms. The van der Waals surface area contributed by atoms with Crippen molar-refractivity contribution in [2.24, 2.45) is 0 Å². The summed E-state index contributed by atoms with van der Waals surface area (Å²) in [6, 6.07) is 2.53. The van der Waals surface area contributed by atoms with E-state index in [9.17, 15) is 0 Å². The lowest BCUT2D eigenvalue weighted by Crippen LogP contribution is -2.58. The first-order chi connectivity index (χ1) is 9.23. The van der Waals surface area contributed by atoms with Crippen molar-refractivity contribution in [3.63, 3.8) is 0 Å². The molecule has 2 fully saturated rings. The van der Waals surface area contributed by atoms with Gasteiger partial charge in [0.15, 0.2) is 0 Å². The Morgan fingerprint density at radius 3 is 3.26 bits per heavy atom. The SMILES string of the molecule is CC12CCC(CN(c3ncnc4ccncc34)C1)N2. The van der Waals surface area contributed by atoms with Gasteiger partial charge in [-0.1, -0.05) is 0 Å². The molecule has 4 heterocycles. The topological polar surface area (TPSA) is 53.9 Å². The Hall–Kier alpha value is -1.75. The molecule has 2 saturated heterocycles. The van der Waals surface area contributed by atoms with E-state index in [4.69, 9.17) is 0 Å². The first-order valence-corrected chi connectivity index (χ1v) is 6.81. The summed E-state index contributed by atoms with van der Waals surface area (Å²) in [4.78, 5) is 15.4. The zero-order valence-corrected chi connectivity index (χ0v) is 11.0. The van der Waals surface area contributed by atoms with Crippen LogP contribution in [0.5, 0.6) is 0 Å². The van der Waals surface area contributed by atoms with Crippen molar-refractivity contribution < 1.29 is 0 Å². The van der Waals surface area contributed by atoms with Gasteiger partial charge in [-0.2, -0.15) is 0 Å². The summed E-state index contributed by atoms with van der Waals surface area (Å²) in [5.41, 5.74) is 1.19. The second-order valence-electron chi connectivity index (χ2n) is 5.91. The fourth-order valence-electron chi connectivity index (χ4n) is 3.44. The van der Waals surface area contributed by atoms with Crippen LogP contribution in [0.3, 0.4) is 0 Å². The third-order valence-electron chi connectivity index (χ3n) is 4.29. The molecule has 1 N–H and O–H groups in total. The maximum absolute atomic E-state index is 4.51. The Morgan fingerprint density at radius 2 is 2.37 bits per heavy atom. The molecule has 0 saturated carbocycles. The molecule has 2 aromatic rings. The van der Waals surface area contributed by atoms with E-state index < -0.39 is 0 Å². The van der Waals surface area contributed by atoms with Crippen LogP contribution in [0.4, 0.5) is 5.82 Å². The average Bonchev–Trinajstić information content (AvgIpc) is 2.71. The van der Waals surface area contributed by atoms with E-state index in [0.717, 1.165) is 29.8 Å². The van der Waals surface area contributed by atoms with Gasteiger partial charge in [0.25, 0.3) is 0 Å². The van der Waals surface area contributed by atoms with E-state index >= 15 is 0 Å². The van der Waals surface area contributed by atoms with E-state index in [0.29, 0.717) is 6.04 Å². The highest BCUT2D eigenvalue weighted by molar-refractivity contribution is 5.88. The number of hydrogen-bond acceptors (Lipinski definition) is 5. The quantitative estimate of drug-likeness (QED) is 0.833. The minimum Gasteiger partial charge on any atom is -0.353 e. The fourth-order valence-corrected chi connectivity index (χ4v) is 3.44. The molecule has 2 atom stereocenters. The van der Waals surface area contributed by atoms with Gasteiger partial charge in [0.05, 0.1) is 10.9 Å². The number of rotatable bonds is 1. The van der Waals surface area contributed by atoms with Crippen molar-refractivity contribution >= 4 is 16.7 Å². The van der Waals surface area contributed by atoms with Crippen molar-refractivity contribution in [3.05, 3.63) is 24.8 Å². The molecule has 0 spiro atoms. The van der Waals surface area contributed by atoms with Crippen LogP contribution in [-0.4, -0.2) is 39.6 Å². The van der Waals surface area contributed by atoms with E-state index in [1.807, 2.05) is 12.3 Å². The fraction of sp³-hybridized carbons (Fsp3) is 0.500. The molecule has 98 valence electrons. The second-order valence-corrected chi connectivity index (χ2v) is 5.91. The van der Waals surface area contributed by atoms with E-state index in [1.54, 1.807) is 12.5 Å². The third-order valence-corrected chi connectivity index (χ3v) is 4.29. The molecule has 0 aliphatic carbocycles. The van der Waals surface area contributed by atoms with Crippen molar-refractivity contribution in [2.45, 2.75) is 31.3 Å². The van der Waals surface area contributed by atoms with E-state index in [1.165, 1.54) is 12.8 Å². The van der Waals surface area contributed by atoms with Crippen LogP contribution >= 0.6 is 0 Å². The number of hydrogen-bond donors (Lipinski definition) is 1. The zero-order valence-electron chi connectivity index (χ0n) is 11.0. The van der Waals surface area contributed by atoms with Crippen LogP contribution in [0, 0.1) is 0 Å². The first-order valence-electron chi connectivity index (χ1n) is 6.81. The molecule has 4 rings (SSSR count). The van der Waals surface area contributed by atoms with Gasteiger partial charge in [-0.25, -0.2) is 9.97 Å². The molecule has 2 aliphatic heterocycles. The highest BCUT2D eigenvalue weighted by Crippen LogP contribution is 2.33. The lowest BCUT2D eigenvalue weighted by molar-refractivity contribution is 0.349. The van der Waals surface area contributed by atoms with Gasteiger partial charge in [-0.15, -0.1) is 0 Å². The van der Waals surface area contributed by atoms with Gasteiger partial charge in [-0.3, -0.25) is 4.98 Å². The Morgan fingerprint density at radius 1 is 1.42 bits per heavy atom. The molecular formula is C14H17N5. The number of nitrogens with zero attached hydrogens (tertiary/aromatic N) is 4. The van der Waals surface area contributed by atoms with Gasteiger partial charge >= 0.3 is 0 Å². The van der Waals surface area contributed by atoms with Crippen LogP contribution < -0.4 is 10.2 Å². The van der Waals surface area contributed by atoms with E-state index in [-0.39, 0.29) is 5.54 Å². The minimum atomic E-state index is 0.225. The van der Waals surface area contributed by atoms with Gasteiger partial charge < -0.3 is 10.2 Å². The lowest BCUT2D eigenvalue weighted by Gasteiger charge is -2.40. The summed E-state index contributed by atoms with van der Waals surface area (Å²) in [7, 11) is 0. The van der Waals surface area contributed by atoms with Gasteiger partial charge in [0.1, 0.15) is 12.1 Å². The minimum absolute atomic E-state index is 0.225. The summed E-state index contributed by atoms with van der Waals surface area (Å²) in [5.74, 6) is 1.03. The molecule has 0 aromatic carbocycles. The largest absolute Gasteiger partial charge is 0.353 e. The monoisotopic (exact) mass is 255 g/mol. The standard InChI is InChI=1S/C14H17N5/c1-14-4-2-10(18-14)7-19(8-14)13-11-6-15-5-3-12(11)16-9-17-13/h3,5-6,9-10,18H,2,4,7-8H2,1H3. The van der Waals surface area contributed by atoms with Crippen LogP contribution in [0.2, 0.25) is 0 Å². The highest BCUT2D eigenvalue weighted by atomic mass is 15.3. The third kappa shape index (κ3) is 1.76. The van der Waals surface area contributed by atoms with Gasteiger partial charge in [0.2, 0.25) is 0 Å². The number of fused-ring (bicyclic) bond motifs is 3. The van der Waals surface area contributed by atoms with Gasteiger partial charge in [0, 0.05) is 37.1 Å². The normalized spacial score (nSPS) is 29.9. The first kappa shape index (κ1) is 11.1. The van der Waals surface area contributed by atoms with Crippen LogP contribution in [-0.2, 0) is 0 Å². The van der Waals surface area contributed by atoms with Crippen molar-refractivity contribution in [1.82, 2.24) is 20.3 Å². The molecule has 2 unspecified atom stereocenters. The Kier molecular flexibility index (Phi) is 2.26. The molecule has 2 aromatic heterocycles. The molecule has 19 heavy (non-hydrogen) atoms. The summed E-state index contributed by atoms with van der Waals surface area (Å²) in [6.45, 7) is 4.34. The number of piperazine rings is 1. The Labute approximate surface area is 112 Å². The molecule has 5 nitrogen and oxygen atoms in total. The molecule has 2 aliphatic rings. The maximum atomic E-state index is 4.51.